The number of rotatable bonds is 6. The molecular weight excluding hydrogens is 293 g/mol. The van der Waals surface area contributed by atoms with Crippen LogP contribution in [0.1, 0.15) is 30.4 Å². The Hall–Kier alpha value is -2.36. The van der Waals surface area contributed by atoms with Gasteiger partial charge in [-0.2, -0.15) is 0 Å². The van der Waals surface area contributed by atoms with Crippen LogP contribution in [-0.4, -0.2) is 12.8 Å². The summed E-state index contributed by atoms with van der Waals surface area (Å²) in [5.74, 6) is 1.59. The first kappa shape index (κ1) is 15.5. The second-order valence-electron chi connectivity index (χ2n) is 5.85. The third-order valence-corrected chi connectivity index (χ3v) is 4.22. The Kier molecular flexibility index (Phi) is 4.60. The summed E-state index contributed by atoms with van der Waals surface area (Å²) < 4.78 is 18.0. The van der Waals surface area contributed by atoms with E-state index >= 15 is 0 Å². The Balaban J connectivity index is 1.52. The zero-order chi connectivity index (χ0) is 16.2. The zero-order valence-corrected chi connectivity index (χ0v) is 13.3. The van der Waals surface area contributed by atoms with E-state index in [1.165, 1.54) is 17.7 Å². The van der Waals surface area contributed by atoms with Crippen molar-refractivity contribution in [1.82, 2.24) is 0 Å². The Labute approximate surface area is 135 Å². The number of nitrogens with zero attached hydrogens (tertiary/aromatic N) is 1. The Bertz CT molecular complexity index is 680. The van der Waals surface area contributed by atoms with Crippen LogP contribution >= 0.6 is 0 Å². The molecule has 3 rings (SSSR count). The minimum atomic E-state index is -0.242. The summed E-state index contributed by atoms with van der Waals surface area (Å²) in [6.07, 6.45) is 1.10. The van der Waals surface area contributed by atoms with Crippen molar-refractivity contribution >= 4 is 5.71 Å². The highest BCUT2D eigenvalue weighted by Gasteiger charge is 2.40. The molecular formula is C19H20FNO2. The van der Waals surface area contributed by atoms with Crippen molar-refractivity contribution in [2.24, 2.45) is 11.1 Å². The number of ether oxygens (including phenoxy) is 1. The molecule has 23 heavy (non-hydrogen) atoms. The SMILES string of the molecule is COc1ccc(C2CC2/C(C)=N/OCc2ccc(F)cc2)cc1. The molecule has 0 aliphatic heterocycles. The van der Waals surface area contributed by atoms with Gasteiger partial charge in [-0.15, -0.1) is 0 Å². The first-order valence-electron chi connectivity index (χ1n) is 7.72. The van der Waals surface area contributed by atoms with Gasteiger partial charge < -0.3 is 9.57 Å². The Morgan fingerprint density at radius 2 is 1.83 bits per heavy atom. The monoisotopic (exact) mass is 313 g/mol. The van der Waals surface area contributed by atoms with Crippen molar-refractivity contribution < 1.29 is 14.0 Å². The van der Waals surface area contributed by atoms with E-state index < -0.39 is 0 Å². The van der Waals surface area contributed by atoms with Crippen molar-refractivity contribution in [2.45, 2.75) is 25.9 Å². The second-order valence-corrected chi connectivity index (χ2v) is 5.85. The van der Waals surface area contributed by atoms with Crippen LogP contribution < -0.4 is 4.74 Å². The number of oxime groups is 1. The minimum Gasteiger partial charge on any atom is -0.497 e. The molecule has 1 saturated carbocycles. The maximum absolute atomic E-state index is 12.8. The highest BCUT2D eigenvalue weighted by atomic mass is 19.1. The quantitative estimate of drug-likeness (QED) is 0.579. The molecule has 2 atom stereocenters. The lowest BCUT2D eigenvalue weighted by Gasteiger charge is -2.04. The lowest BCUT2D eigenvalue weighted by atomic mass is 10.1. The summed E-state index contributed by atoms with van der Waals surface area (Å²) in [5.41, 5.74) is 3.22. The van der Waals surface area contributed by atoms with Crippen molar-refractivity contribution in [3.05, 3.63) is 65.5 Å². The standard InChI is InChI=1S/C19H20FNO2/c1-13(21-23-12-14-3-7-16(20)8-4-14)18-11-19(18)15-5-9-17(22-2)10-6-15/h3-10,18-19H,11-12H2,1-2H3/b21-13+. The van der Waals surface area contributed by atoms with Crippen LogP contribution in [0.25, 0.3) is 0 Å². The van der Waals surface area contributed by atoms with Crippen LogP contribution in [0.15, 0.2) is 53.7 Å². The summed E-state index contributed by atoms with van der Waals surface area (Å²) in [5, 5.41) is 4.21. The smallest absolute Gasteiger partial charge is 0.142 e. The van der Waals surface area contributed by atoms with Crippen molar-refractivity contribution in [3.8, 4) is 5.75 Å². The molecule has 0 saturated heterocycles. The van der Waals surface area contributed by atoms with E-state index in [-0.39, 0.29) is 5.82 Å². The van der Waals surface area contributed by atoms with Gasteiger partial charge in [0.2, 0.25) is 0 Å². The summed E-state index contributed by atoms with van der Waals surface area (Å²) >= 11 is 0. The molecule has 3 nitrogen and oxygen atoms in total. The fourth-order valence-electron chi connectivity index (χ4n) is 2.73. The number of hydrogen-bond donors (Lipinski definition) is 0. The lowest BCUT2D eigenvalue weighted by Crippen LogP contribution is -1.99. The molecule has 0 aromatic heterocycles. The first-order valence-corrected chi connectivity index (χ1v) is 7.72. The van der Waals surface area contributed by atoms with Gasteiger partial charge in [-0.1, -0.05) is 29.4 Å². The second kappa shape index (κ2) is 6.82. The molecule has 0 spiro atoms. The number of methoxy groups -OCH3 is 1. The summed E-state index contributed by atoms with van der Waals surface area (Å²) in [7, 11) is 1.67. The molecule has 2 aromatic carbocycles. The molecule has 2 aromatic rings. The largest absolute Gasteiger partial charge is 0.497 e. The predicted molar refractivity (Wildman–Crippen MR) is 88.1 cm³/mol. The van der Waals surface area contributed by atoms with Gasteiger partial charge in [0.15, 0.2) is 0 Å². The lowest BCUT2D eigenvalue weighted by molar-refractivity contribution is 0.129. The molecule has 120 valence electrons. The van der Waals surface area contributed by atoms with Crippen LogP contribution in [0, 0.1) is 11.7 Å². The van der Waals surface area contributed by atoms with E-state index in [2.05, 4.69) is 17.3 Å². The van der Waals surface area contributed by atoms with E-state index in [1.54, 1.807) is 19.2 Å². The number of benzene rings is 2. The minimum absolute atomic E-state index is 0.242. The van der Waals surface area contributed by atoms with Crippen molar-refractivity contribution in [1.29, 1.82) is 0 Å². The van der Waals surface area contributed by atoms with Gasteiger partial charge in [-0.05, 0) is 54.7 Å². The van der Waals surface area contributed by atoms with Gasteiger partial charge in [0, 0.05) is 5.92 Å². The van der Waals surface area contributed by atoms with Crippen LogP contribution in [0.5, 0.6) is 5.75 Å². The maximum Gasteiger partial charge on any atom is 0.142 e. The normalized spacial score (nSPS) is 20.2. The van der Waals surface area contributed by atoms with Crippen LogP contribution in [-0.2, 0) is 11.4 Å². The molecule has 1 aliphatic rings. The molecule has 1 fully saturated rings. The molecule has 1 aliphatic carbocycles. The van der Waals surface area contributed by atoms with Crippen molar-refractivity contribution in [2.75, 3.05) is 7.11 Å². The maximum atomic E-state index is 12.8. The fraction of sp³-hybridized carbons (Fsp3) is 0.316. The summed E-state index contributed by atoms with van der Waals surface area (Å²) in [6, 6.07) is 14.5. The molecule has 0 heterocycles. The molecule has 0 N–H and O–H groups in total. The average Bonchev–Trinajstić information content (AvgIpc) is 3.37. The van der Waals surface area contributed by atoms with E-state index in [1.807, 2.05) is 19.1 Å². The van der Waals surface area contributed by atoms with E-state index in [4.69, 9.17) is 9.57 Å². The fourth-order valence-corrected chi connectivity index (χ4v) is 2.73. The Morgan fingerprint density at radius 1 is 1.13 bits per heavy atom. The third kappa shape index (κ3) is 3.89. The van der Waals surface area contributed by atoms with Crippen LogP contribution in [0.2, 0.25) is 0 Å². The van der Waals surface area contributed by atoms with Crippen LogP contribution in [0.4, 0.5) is 4.39 Å². The van der Waals surface area contributed by atoms with Gasteiger partial charge >= 0.3 is 0 Å². The van der Waals surface area contributed by atoms with E-state index in [0.717, 1.165) is 23.4 Å². The van der Waals surface area contributed by atoms with E-state index in [0.29, 0.717) is 18.4 Å². The van der Waals surface area contributed by atoms with E-state index in [9.17, 15) is 4.39 Å². The predicted octanol–water partition coefficient (Wildman–Crippen LogP) is 4.53. The highest BCUT2D eigenvalue weighted by molar-refractivity contribution is 5.87. The van der Waals surface area contributed by atoms with Gasteiger partial charge in [-0.25, -0.2) is 4.39 Å². The average molecular weight is 313 g/mol. The molecule has 2 unspecified atom stereocenters. The van der Waals surface area contributed by atoms with Crippen molar-refractivity contribution in [3.63, 3.8) is 0 Å². The van der Waals surface area contributed by atoms with Gasteiger partial charge in [0.25, 0.3) is 0 Å². The summed E-state index contributed by atoms with van der Waals surface area (Å²) in [4.78, 5) is 5.39. The van der Waals surface area contributed by atoms with Gasteiger partial charge in [0.1, 0.15) is 18.2 Å². The molecule has 0 radical (unpaired) electrons. The highest BCUT2D eigenvalue weighted by Crippen LogP contribution is 2.48. The van der Waals surface area contributed by atoms with Gasteiger partial charge in [0.05, 0.1) is 12.8 Å². The number of hydrogen-bond acceptors (Lipinski definition) is 3. The number of halogens is 1. The zero-order valence-electron chi connectivity index (χ0n) is 13.3. The first-order chi connectivity index (χ1) is 11.2. The molecule has 0 bridgehead atoms. The molecule has 0 amide bonds. The Morgan fingerprint density at radius 3 is 2.48 bits per heavy atom. The van der Waals surface area contributed by atoms with Gasteiger partial charge in [-0.3, -0.25) is 0 Å². The summed E-state index contributed by atoms with van der Waals surface area (Å²) in [6.45, 7) is 2.36. The topological polar surface area (TPSA) is 30.8 Å². The van der Waals surface area contributed by atoms with Crippen LogP contribution in [0.3, 0.4) is 0 Å². The molecule has 4 heteroatoms. The third-order valence-electron chi connectivity index (χ3n) is 4.22.